The lowest BCUT2D eigenvalue weighted by molar-refractivity contribution is 0.125. The third kappa shape index (κ3) is 4.24. The van der Waals surface area contributed by atoms with Gasteiger partial charge in [0.05, 0.1) is 28.5 Å². The number of rotatable bonds is 5. The minimum Gasteiger partial charge on any atom is -0.390 e. The largest absolute Gasteiger partial charge is 0.390 e. The first kappa shape index (κ1) is 20.0. The summed E-state index contributed by atoms with van der Waals surface area (Å²) in [4.78, 5) is 0.125. The number of sulfone groups is 1. The van der Waals surface area contributed by atoms with Crippen molar-refractivity contribution in [3.05, 3.63) is 65.2 Å². The van der Waals surface area contributed by atoms with E-state index in [0.29, 0.717) is 5.56 Å². The van der Waals surface area contributed by atoms with Gasteiger partial charge in [-0.05, 0) is 31.0 Å². The van der Waals surface area contributed by atoms with Crippen molar-refractivity contribution in [2.24, 2.45) is 0 Å². The Labute approximate surface area is 160 Å². The van der Waals surface area contributed by atoms with E-state index < -0.39 is 37.8 Å². The quantitative estimate of drug-likeness (QED) is 0.811. The third-order valence-electron chi connectivity index (χ3n) is 4.76. The van der Waals surface area contributed by atoms with Crippen LogP contribution in [0.4, 0.5) is 0 Å². The Balaban J connectivity index is 2.08. The van der Waals surface area contributed by atoms with Gasteiger partial charge in [-0.3, -0.25) is 0 Å². The van der Waals surface area contributed by atoms with Gasteiger partial charge in [0.2, 0.25) is 10.0 Å². The average molecular weight is 410 g/mol. The molecule has 8 heteroatoms. The molecule has 1 aliphatic heterocycles. The molecule has 2 atom stereocenters. The number of sulfonamides is 1. The number of benzene rings is 2. The molecule has 0 saturated carbocycles. The Hall–Kier alpha value is -1.74. The van der Waals surface area contributed by atoms with Gasteiger partial charge in [0.25, 0.3) is 0 Å². The van der Waals surface area contributed by atoms with Crippen LogP contribution in [0.15, 0.2) is 53.4 Å². The van der Waals surface area contributed by atoms with Crippen molar-refractivity contribution >= 4 is 19.9 Å². The highest BCUT2D eigenvalue weighted by molar-refractivity contribution is 7.92. The first-order chi connectivity index (χ1) is 12.6. The fourth-order valence-electron chi connectivity index (χ4n) is 3.44. The van der Waals surface area contributed by atoms with Gasteiger partial charge in [-0.15, -0.1) is 0 Å². The fourth-order valence-corrected chi connectivity index (χ4v) is 7.19. The van der Waals surface area contributed by atoms with Crippen LogP contribution in [0.5, 0.6) is 0 Å². The predicted molar refractivity (Wildman–Crippen MR) is 104 cm³/mol. The second-order valence-electron chi connectivity index (χ2n) is 7.02. The zero-order valence-electron chi connectivity index (χ0n) is 15.2. The lowest BCUT2D eigenvalue weighted by atomic mass is 10.2. The summed E-state index contributed by atoms with van der Waals surface area (Å²) in [6.07, 6.45) is -1.25. The van der Waals surface area contributed by atoms with Crippen LogP contribution in [0.25, 0.3) is 0 Å². The lowest BCUT2D eigenvalue weighted by Gasteiger charge is -2.30. The van der Waals surface area contributed by atoms with E-state index in [2.05, 4.69) is 0 Å². The van der Waals surface area contributed by atoms with Crippen molar-refractivity contribution in [1.29, 1.82) is 0 Å². The molecule has 27 heavy (non-hydrogen) atoms. The summed E-state index contributed by atoms with van der Waals surface area (Å²) in [5.74, 6) is -0.809. The first-order valence-corrected chi connectivity index (χ1v) is 11.9. The molecule has 0 aliphatic carbocycles. The average Bonchev–Trinajstić information content (AvgIpc) is 2.85. The third-order valence-corrected chi connectivity index (χ3v) is 8.49. The molecule has 1 heterocycles. The monoisotopic (exact) mass is 409 g/mol. The smallest absolute Gasteiger partial charge is 0.244 e. The summed E-state index contributed by atoms with van der Waals surface area (Å²) >= 11 is 0. The molecule has 1 fully saturated rings. The van der Waals surface area contributed by atoms with Crippen LogP contribution in [0.2, 0.25) is 0 Å². The van der Waals surface area contributed by atoms with E-state index in [0.717, 1.165) is 15.4 Å². The summed E-state index contributed by atoms with van der Waals surface area (Å²) < 4.78 is 52.0. The molecule has 3 rings (SSSR count). The maximum atomic E-state index is 13.4. The molecule has 1 N–H and O–H groups in total. The molecule has 0 amide bonds. The van der Waals surface area contributed by atoms with Gasteiger partial charge in [-0.2, -0.15) is 4.31 Å². The minimum atomic E-state index is -4.00. The Bertz CT molecular complexity index is 1030. The van der Waals surface area contributed by atoms with Crippen molar-refractivity contribution in [3.63, 3.8) is 0 Å². The molecule has 2 aromatic carbocycles. The number of aliphatic hydroxyl groups is 1. The number of nitrogens with zero attached hydrogens (tertiary/aromatic N) is 1. The summed E-state index contributed by atoms with van der Waals surface area (Å²) in [5.41, 5.74) is 2.25. The first-order valence-electron chi connectivity index (χ1n) is 8.62. The highest BCUT2D eigenvalue weighted by Crippen LogP contribution is 2.29. The van der Waals surface area contributed by atoms with Crippen LogP contribution in [-0.4, -0.2) is 49.9 Å². The highest BCUT2D eigenvalue weighted by atomic mass is 32.2. The summed E-state index contributed by atoms with van der Waals surface area (Å²) in [6, 6.07) is 13.0. The second-order valence-corrected chi connectivity index (χ2v) is 11.0. The molecule has 0 bridgehead atoms. The van der Waals surface area contributed by atoms with E-state index in [1.807, 2.05) is 13.0 Å². The molecular formula is C19H23NO5S2. The standard InChI is InChI=1S/C19H23NO5S2/c1-14-8-9-19(15(2)10-14)27(24,25)20(11-16-6-4-3-5-7-16)17-12-26(22,23)13-18(17)21/h3-10,17-18,21H,11-13H2,1-2H3/t17-,18+/m1/s1. The lowest BCUT2D eigenvalue weighted by Crippen LogP contribution is -2.46. The number of hydrogen-bond acceptors (Lipinski definition) is 5. The van der Waals surface area contributed by atoms with Crippen molar-refractivity contribution < 1.29 is 21.9 Å². The molecule has 1 saturated heterocycles. The number of hydrogen-bond donors (Lipinski definition) is 1. The van der Waals surface area contributed by atoms with Crippen molar-refractivity contribution in [1.82, 2.24) is 4.31 Å². The summed E-state index contributed by atoms with van der Waals surface area (Å²) in [7, 11) is -7.50. The van der Waals surface area contributed by atoms with E-state index in [1.165, 1.54) is 6.07 Å². The molecule has 0 unspecified atom stereocenters. The Kier molecular flexibility index (Phi) is 5.45. The van der Waals surface area contributed by atoms with Crippen LogP contribution in [0, 0.1) is 13.8 Å². The number of aryl methyl sites for hydroxylation is 2. The van der Waals surface area contributed by atoms with Crippen molar-refractivity contribution in [2.45, 2.75) is 37.4 Å². The molecule has 0 aromatic heterocycles. The molecule has 0 spiro atoms. The van der Waals surface area contributed by atoms with Gasteiger partial charge in [0.1, 0.15) is 0 Å². The molecule has 0 radical (unpaired) electrons. The second kappa shape index (κ2) is 7.35. The maximum absolute atomic E-state index is 13.4. The van der Waals surface area contributed by atoms with Crippen LogP contribution in [0.1, 0.15) is 16.7 Å². The van der Waals surface area contributed by atoms with Crippen LogP contribution < -0.4 is 0 Å². The van der Waals surface area contributed by atoms with E-state index in [4.69, 9.17) is 0 Å². The minimum absolute atomic E-state index is 0.00621. The fraction of sp³-hybridized carbons (Fsp3) is 0.368. The normalized spacial score (nSPS) is 22.2. The van der Waals surface area contributed by atoms with E-state index in [1.54, 1.807) is 43.3 Å². The highest BCUT2D eigenvalue weighted by Gasteiger charge is 2.45. The molecule has 2 aromatic rings. The van der Waals surface area contributed by atoms with Crippen LogP contribution in [0.3, 0.4) is 0 Å². The van der Waals surface area contributed by atoms with Crippen LogP contribution >= 0.6 is 0 Å². The van der Waals surface area contributed by atoms with Gasteiger partial charge in [-0.25, -0.2) is 16.8 Å². The molecular weight excluding hydrogens is 386 g/mol. The Morgan fingerprint density at radius 1 is 1.07 bits per heavy atom. The topological polar surface area (TPSA) is 91.8 Å². The zero-order chi connectivity index (χ0) is 19.8. The molecule has 146 valence electrons. The predicted octanol–water partition coefficient (Wildman–Crippen LogP) is 1.65. The van der Waals surface area contributed by atoms with Gasteiger partial charge >= 0.3 is 0 Å². The Morgan fingerprint density at radius 2 is 1.74 bits per heavy atom. The zero-order valence-corrected chi connectivity index (χ0v) is 16.9. The van der Waals surface area contributed by atoms with E-state index in [9.17, 15) is 21.9 Å². The summed E-state index contributed by atoms with van der Waals surface area (Å²) in [6.45, 7) is 3.58. The van der Waals surface area contributed by atoms with Gasteiger partial charge in [-0.1, -0.05) is 48.0 Å². The Morgan fingerprint density at radius 3 is 2.30 bits per heavy atom. The number of aliphatic hydroxyl groups excluding tert-OH is 1. The van der Waals surface area contributed by atoms with Crippen LogP contribution in [-0.2, 0) is 26.4 Å². The van der Waals surface area contributed by atoms with Crippen molar-refractivity contribution in [2.75, 3.05) is 11.5 Å². The maximum Gasteiger partial charge on any atom is 0.244 e. The van der Waals surface area contributed by atoms with Gasteiger partial charge in [0.15, 0.2) is 9.84 Å². The van der Waals surface area contributed by atoms with Gasteiger partial charge < -0.3 is 5.11 Å². The van der Waals surface area contributed by atoms with Gasteiger partial charge in [0, 0.05) is 6.54 Å². The van der Waals surface area contributed by atoms with Crippen molar-refractivity contribution in [3.8, 4) is 0 Å². The van der Waals surface area contributed by atoms with E-state index >= 15 is 0 Å². The molecule has 6 nitrogen and oxygen atoms in total. The summed E-state index contributed by atoms with van der Waals surface area (Å²) in [5, 5.41) is 10.3. The van der Waals surface area contributed by atoms with E-state index in [-0.39, 0.29) is 17.2 Å². The SMILES string of the molecule is Cc1ccc(S(=O)(=O)N(Cc2ccccc2)[C@@H]2CS(=O)(=O)C[C@@H]2O)c(C)c1. The molecule has 1 aliphatic rings.